The Labute approximate surface area is 114 Å². The summed E-state index contributed by atoms with van der Waals surface area (Å²) in [7, 11) is 0. The van der Waals surface area contributed by atoms with Gasteiger partial charge in [0.2, 0.25) is 5.91 Å². The fourth-order valence-electron chi connectivity index (χ4n) is 2.45. The quantitative estimate of drug-likeness (QED) is 0.903. The molecule has 1 amide bonds. The standard InChI is InChI=1S/C15H22N2O2/c1-15(19)8-4-11-17(12-9-15)14(18)7-6-13-5-2-3-10-16-13/h2-3,5,10,19H,4,6-9,11-12H2,1H3. The number of aliphatic hydroxyl groups is 1. The molecule has 1 fully saturated rings. The number of amides is 1. The maximum absolute atomic E-state index is 12.2. The van der Waals surface area contributed by atoms with Crippen molar-refractivity contribution in [3.63, 3.8) is 0 Å². The van der Waals surface area contributed by atoms with Gasteiger partial charge in [0.25, 0.3) is 0 Å². The Morgan fingerprint density at radius 2 is 2.26 bits per heavy atom. The van der Waals surface area contributed by atoms with Crippen molar-refractivity contribution in [2.45, 2.75) is 44.6 Å². The van der Waals surface area contributed by atoms with Crippen molar-refractivity contribution in [2.75, 3.05) is 13.1 Å². The summed E-state index contributed by atoms with van der Waals surface area (Å²) in [5.41, 5.74) is 0.341. The predicted molar refractivity (Wildman–Crippen MR) is 73.6 cm³/mol. The van der Waals surface area contributed by atoms with E-state index in [1.165, 1.54) is 0 Å². The minimum Gasteiger partial charge on any atom is -0.390 e. The number of likely N-dealkylation sites (tertiary alicyclic amines) is 1. The van der Waals surface area contributed by atoms with Gasteiger partial charge >= 0.3 is 0 Å². The summed E-state index contributed by atoms with van der Waals surface area (Å²) in [5.74, 6) is 0.170. The van der Waals surface area contributed by atoms with Crippen molar-refractivity contribution in [1.29, 1.82) is 0 Å². The number of rotatable bonds is 3. The molecule has 0 aliphatic carbocycles. The van der Waals surface area contributed by atoms with Crippen LogP contribution < -0.4 is 0 Å². The zero-order valence-electron chi connectivity index (χ0n) is 11.5. The molecule has 4 nitrogen and oxygen atoms in total. The Morgan fingerprint density at radius 3 is 3.00 bits per heavy atom. The van der Waals surface area contributed by atoms with Gasteiger partial charge in [-0.25, -0.2) is 0 Å². The average molecular weight is 262 g/mol. The van der Waals surface area contributed by atoms with E-state index in [9.17, 15) is 9.90 Å². The monoisotopic (exact) mass is 262 g/mol. The summed E-state index contributed by atoms with van der Waals surface area (Å²) >= 11 is 0. The second kappa shape index (κ2) is 6.15. The number of hydrogen-bond acceptors (Lipinski definition) is 3. The summed E-state index contributed by atoms with van der Waals surface area (Å²) in [6.07, 6.45) is 5.26. The molecule has 1 aliphatic rings. The lowest BCUT2D eigenvalue weighted by molar-refractivity contribution is -0.131. The number of aryl methyl sites for hydroxylation is 1. The molecule has 1 atom stereocenters. The third-order valence-corrected chi connectivity index (χ3v) is 3.74. The lowest BCUT2D eigenvalue weighted by Gasteiger charge is -2.22. The van der Waals surface area contributed by atoms with Gasteiger partial charge in [0, 0.05) is 31.4 Å². The highest BCUT2D eigenvalue weighted by Crippen LogP contribution is 2.21. The van der Waals surface area contributed by atoms with E-state index in [4.69, 9.17) is 0 Å². The van der Waals surface area contributed by atoms with Gasteiger partial charge in [-0.3, -0.25) is 9.78 Å². The SMILES string of the molecule is CC1(O)CCCN(C(=O)CCc2ccccn2)CC1. The van der Waals surface area contributed by atoms with Gasteiger partial charge in [0.05, 0.1) is 5.60 Å². The zero-order chi connectivity index (χ0) is 13.7. The van der Waals surface area contributed by atoms with E-state index in [1.807, 2.05) is 30.0 Å². The highest BCUT2D eigenvalue weighted by atomic mass is 16.3. The first-order valence-electron chi connectivity index (χ1n) is 6.97. The van der Waals surface area contributed by atoms with Crippen LogP contribution in [-0.2, 0) is 11.2 Å². The number of nitrogens with zero attached hydrogens (tertiary/aromatic N) is 2. The third-order valence-electron chi connectivity index (χ3n) is 3.74. The molecule has 0 saturated carbocycles. The molecule has 1 unspecified atom stereocenters. The van der Waals surface area contributed by atoms with Gasteiger partial charge in [-0.15, -0.1) is 0 Å². The maximum atomic E-state index is 12.2. The first-order valence-corrected chi connectivity index (χ1v) is 6.97. The molecule has 0 spiro atoms. The molecule has 2 heterocycles. The van der Waals surface area contributed by atoms with Crippen LogP contribution in [0, 0.1) is 0 Å². The van der Waals surface area contributed by atoms with Crippen molar-refractivity contribution >= 4 is 5.91 Å². The van der Waals surface area contributed by atoms with Crippen LogP contribution in [0.5, 0.6) is 0 Å². The third kappa shape index (κ3) is 4.31. The van der Waals surface area contributed by atoms with E-state index < -0.39 is 5.60 Å². The van der Waals surface area contributed by atoms with Gasteiger partial charge in [0.1, 0.15) is 0 Å². The van der Waals surface area contributed by atoms with E-state index in [2.05, 4.69) is 4.98 Å². The fourth-order valence-corrected chi connectivity index (χ4v) is 2.45. The molecule has 1 aliphatic heterocycles. The molecule has 0 bridgehead atoms. The summed E-state index contributed by atoms with van der Waals surface area (Å²) < 4.78 is 0. The molecule has 0 radical (unpaired) electrons. The summed E-state index contributed by atoms with van der Waals surface area (Å²) in [4.78, 5) is 18.3. The van der Waals surface area contributed by atoms with Crippen molar-refractivity contribution in [1.82, 2.24) is 9.88 Å². The molecule has 104 valence electrons. The molecular formula is C15H22N2O2. The van der Waals surface area contributed by atoms with Crippen molar-refractivity contribution < 1.29 is 9.90 Å². The molecular weight excluding hydrogens is 240 g/mol. The Bertz CT molecular complexity index is 417. The number of carbonyl (C=O) groups is 1. The van der Waals surface area contributed by atoms with Crippen LogP contribution in [0.4, 0.5) is 0 Å². The smallest absolute Gasteiger partial charge is 0.222 e. The minimum atomic E-state index is -0.615. The number of hydrogen-bond donors (Lipinski definition) is 1. The molecule has 0 aromatic carbocycles. The van der Waals surface area contributed by atoms with Gasteiger partial charge in [-0.1, -0.05) is 6.07 Å². The van der Waals surface area contributed by atoms with Crippen molar-refractivity contribution in [3.05, 3.63) is 30.1 Å². The first kappa shape index (κ1) is 14.0. The first-order chi connectivity index (χ1) is 9.07. The van der Waals surface area contributed by atoms with Gasteiger partial charge < -0.3 is 10.0 Å². The van der Waals surface area contributed by atoms with Crippen LogP contribution in [0.15, 0.2) is 24.4 Å². The van der Waals surface area contributed by atoms with Crippen LogP contribution in [-0.4, -0.2) is 39.6 Å². The highest BCUT2D eigenvalue weighted by molar-refractivity contribution is 5.76. The molecule has 1 N–H and O–H groups in total. The largest absolute Gasteiger partial charge is 0.390 e. The van der Waals surface area contributed by atoms with E-state index in [0.717, 1.165) is 25.1 Å². The highest BCUT2D eigenvalue weighted by Gasteiger charge is 2.26. The van der Waals surface area contributed by atoms with Gasteiger partial charge in [0.15, 0.2) is 0 Å². The zero-order valence-corrected chi connectivity index (χ0v) is 11.5. The summed E-state index contributed by atoms with van der Waals surface area (Å²) in [6, 6.07) is 5.76. The second-order valence-electron chi connectivity index (χ2n) is 5.55. The van der Waals surface area contributed by atoms with Crippen molar-refractivity contribution in [2.24, 2.45) is 0 Å². The minimum absolute atomic E-state index is 0.170. The van der Waals surface area contributed by atoms with Crippen LogP contribution in [0.1, 0.15) is 38.3 Å². The number of pyridine rings is 1. The van der Waals surface area contributed by atoms with Crippen molar-refractivity contribution in [3.8, 4) is 0 Å². The van der Waals surface area contributed by atoms with Crippen LogP contribution in [0.25, 0.3) is 0 Å². The lowest BCUT2D eigenvalue weighted by Crippen LogP contribution is -2.33. The summed E-state index contributed by atoms with van der Waals surface area (Å²) in [6.45, 7) is 3.28. The lowest BCUT2D eigenvalue weighted by atomic mass is 9.98. The Hall–Kier alpha value is -1.42. The molecule has 1 aromatic rings. The molecule has 2 rings (SSSR count). The Morgan fingerprint density at radius 1 is 1.42 bits per heavy atom. The molecule has 1 saturated heterocycles. The average Bonchev–Trinajstić information content (AvgIpc) is 2.58. The van der Waals surface area contributed by atoms with Crippen LogP contribution >= 0.6 is 0 Å². The van der Waals surface area contributed by atoms with Crippen LogP contribution in [0.2, 0.25) is 0 Å². The molecule has 4 heteroatoms. The van der Waals surface area contributed by atoms with Gasteiger partial charge in [-0.2, -0.15) is 0 Å². The van der Waals surface area contributed by atoms with Crippen LogP contribution in [0.3, 0.4) is 0 Å². The summed E-state index contributed by atoms with van der Waals surface area (Å²) in [5, 5.41) is 10.0. The number of carbonyl (C=O) groups excluding carboxylic acids is 1. The van der Waals surface area contributed by atoms with E-state index in [1.54, 1.807) is 6.20 Å². The second-order valence-corrected chi connectivity index (χ2v) is 5.55. The molecule has 19 heavy (non-hydrogen) atoms. The van der Waals surface area contributed by atoms with E-state index >= 15 is 0 Å². The van der Waals surface area contributed by atoms with Gasteiger partial charge in [-0.05, 0) is 44.7 Å². The Balaban J connectivity index is 1.83. The Kier molecular flexibility index (Phi) is 4.53. The fraction of sp³-hybridized carbons (Fsp3) is 0.600. The number of aromatic nitrogens is 1. The van der Waals surface area contributed by atoms with E-state index in [-0.39, 0.29) is 5.91 Å². The normalized spacial score (nSPS) is 24.0. The topological polar surface area (TPSA) is 53.4 Å². The predicted octanol–water partition coefficient (Wildman–Crippen LogP) is 1.78. The van der Waals surface area contributed by atoms with E-state index in [0.29, 0.717) is 25.8 Å². The molecule has 1 aromatic heterocycles. The maximum Gasteiger partial charge on any atom is 0.222 e.